The van der Waals surface area contributed by atoms with E-state index >= 15 is 0 Å². The van der Waals surface area contributed by atoms with E-state index < -0.39 is 5.09 Å². The molecule has 0 aromatic carbocycles. The van der Waals surface area contributed by atoms with Gasteiger partial charge < -0.3 is 15.1 Å². The first-order chi connectivity index (χ1) is 5.95. The van der Waals surface area contributed by atoms with Gasteiger partial charge >= 0.3 is 0 Å². The van der Waals surface area contributed by atoms with Crippen LogP contribution in [0.25, 0.3) is 0 Å². The quantitative estimate of drug-likeness (QED) is 0.342. The highest BCUT2D eigenvalue weighted by atomic mass is 35.5. The zero-order valence-electron chi connectivity index (χ0n) is 7.09. The Labute approximate surface area is 80.2 Å². The van der Waals surface area contributed by atoms with Gasteiger partial charge in [-0.1, -0.05) is 6.92 Å². The van der Waals surface area contributed by atoms with Crippen molar-refractivity contribution >= 4 is 11.6 Å². The molecule has 78 valence electrons. The fourth-order valence-electron chi connectivity index (χ4n) is 0.846. The van der Waals surface area contributed by atoms with E-state index in [0.29, 0.717) is 13.2 Å². The lowest BCUT2D eigenvalue weighted by molar-refractivity contribution is -0.742. The molecule has 0 aromatic heterocycles. The first kappa shape index (κ1) is 12.4. The molecular weight excluding hydrogens is 202 g/mol. The number of aliphatic hydroxyl groups is 1. The van der Waals surface area contributed by atoms with E-state index in [0.717, 1.165) is 0 Å². The Bertz CT molecular complexity index is 153. The predicted molar refractivity (Wildman–Crippen MR) is 44.4 cm³/mol. The van der Waals surface area contributed by atoms with Crippen LogP contribution in [0, 0.1) is 16.0 Å². The summed E-state index contributed by atoms with van der Waals surface area (Å²) in [5.41, 5.74) is 0. The number of nitrogens with zero attached hydrogens (tertiary/aromatic N) is 1. The van der Waals surface area contributed by atoms with Gasteiger partial charge in [-0.3, -0.25) is 0 Å². The smallest absolute Gasteiger partial charge is 0.291 e. The number of ether oxygens (including phenoxy) is 1. The van der Waals surface area contributed by atoms with E-state index in [9.17, 15) is 0 Å². The minimum Gasteiger partial charge on any atom is -0.390 e. The van der Waals surface area contributed by atoms with Crippen molar-refractivity contribution in [3.05, 3.63) is 10.1 Å². The van der Waals surface area contributed by atoms with Gasteiger partial charge in [-0.15, -0.1) is 21.7 Å². The van der Waals surface area contributed by atoms with E-state index in [4.69, 9.17) is 36.8 Å². The van der Waals surface area contributed by atoms with Crippen molar-refractivity contribution in [2.45, 2.75) is 18.4 Å². The molecule has 7 heteroatoms. The normalized spacial score (nSPS) is 33.0. The maximum atomic E-state index is 9.14. The van der Waals surface area contributed by atoms with Crippen LogP contribution in [0.1, 0.15) is 6.92 Å². The highest BCUT2D eigenvalue weighted by Crippen LogP contribution is 2.19. The molecule has 1 heterocycles. The van der Waals surface area contributed by atoms with E-state index in [1.165, 1.54) is 0 Å². The summed E-state index contributed by atoms with van der Waals surface area (Å²) in [6.07, 6.45) is -0.374. The average molecular weight is 214 g/mol. The van der Waals surface area contributed by atoms with Crippen LogP contribution in [0.2, 0.25) is 0 Å². The highest BCUT2D eigenvalue weighted by Gasteiger charge is 2.27. The average Bonchev–Trinajstić information content (AvgIpc) is 1.99. The largest absolute Gasteiger partial charge is 0.390 e. The van der Waals surface area contributed by atoms with Gasteiger partial charge in [0.2, 0.25) is 0 Å². The Balaban J connectivity index is 0.000000310. The van der Waals surface area contributed by atoms with Crippen LogP contribution in [0.4, 0.5) is 0 Å². The first-order valence-corrected chi connectivity index (χ1v) is 4.12. The van der Waals surface area contributed by atoms with Crippen molar-refractivity contribution in [2.24, 2.45) is 5.92 Å². The van der Waals surface area contributed by atoms with Gasteiger partial charge in [0.25, 0.3) is 5.09 Å². The number of halogens is 1. The van der Waals surface area contributed by atoms with Crippen molar-refractivity contribution < 1.29 is 20.1 Å². The molecule has 0 aromatic rings. The number of hydrogen-bond donors (Lipinski definition) is 2. The molecule has 0 radical (unpaired) electrons. The lowest BCUT2D eigenvalue weighted by atomic mass is 10.00. The van der Waals surface area contributed by atoms with E-state index in [1.807, 2.05) is 6.92 Å². The molecule has 1 rings (SSSR count). The Morgan fingerprint density at radius 1 is 1.62 bits per heavy atom. The predicted octanol–water partition coefficient (Wildman–Crippen LogP) is 0.273. The van der Waals surface area contributed by atoms with Gasteiger partial charge in [-0.2, -0.15) is 0 Å². The molecule has 0 spiro atoms. The van der Waals surface area contributed by atoms with E-state index in [2.05, 4.69) is 0 Å². The maximum Gasteiger partial charge on any atom is 0.291 e. The van der Waals surface area contributed by atoms with Crippen LogP contribution in [-0.4, -0.2) is 40.1 Å². The third-order valence-corrected chi connectivity index (χ3v) is 2.27. The van der Waals surface area contributed by atoms with Gasteiger partial charge in [0, 0.05) is 5.92 Å². The fraction of sp³-hybridized carbons (Fsp3) is 1.00. The van der Waals surface area contributed by atoms with E-state index in [1.54, 1.807) is 0 Å². The molecule has 13 heavy (non-hydrogen) atoms. The molecule has 1 aliphatic rings. The Morgan fingerprint density at radius 3 is 2.38 bits per heavy atom. The lowest BCUT2D eigenvalue weighted by Crippen LogP contribution is -2.38. The Morgan fingerprint density at radius 2 is 2.08 bits per heavy atom. The van der Waals surface area contributed by atoms with Gasteiger partial charge in [-0.05, 0) is 0 Å². The maximum absolute atomic E-state index is 9.14. The molecule has 0 aliphatic carbocycles. The van der Waals surface area contributed by atoms with Crippen LogP contribution in [0.15, 0.2) is 0 Å². The summed E-state index contributed by atoms with van der Waals surface area (Å²) in [4.78, 5) is 8.36. The van der Waals surface area contributed by atoms with Gasteiger partial charge in [0.1, 0.15) is 0 Å². The summed E-state index contributed by atoms with van der Waals surface area (Å²) in [7, 11) is 0. The second-order valence-electron chi connectivity index (χ2n) is 2.72. The minimum absolute atomic E-state index is 0.0197. The molecular formula is C6H12ClNO5. The van der Waals surface area contributed by atoms with E-state index in [-0.39, 0.29) is 17.4 Å². The molecule has 1 saturated heterocycles. The van der Waals surface area contributed by atoms with Crippen molar-refractivity contribution in [1.82, 2.24) is 0 Å². The third-order valence-electron chi connectivity index (χ3n) is 1.74. The molecule has 2 N–H and O–H groups in total. The minimum atomic E-state index is -1.50. The second-order valence-corrected chi connectivity index (χ2v) is 3.28. The van der Waals surface area contributed by atoms with Crippen LogP contribution in [-0.2, 0) is 4.74 Å². The van der Waals surface area contributed by atoms with Gasteiger partial charge in [-0.25, -0.2) is 0 Å². The molecule has 3 unspecified atom stereocenters. The summed E-state index contributed by atoms with van der Waals surface area (Å²) in [6.45, 7) is 2.94. The summed E-state index contributed by atoms with van der Waals surface area (Å²) in [5, 5.41) is 22.8. The van der Waals surface area contributed by atoms with Crippen LogP contribution in [0.3, 0.4) is 0 Å². The van der Waals surface area contributed by atoms with Crippen LogP contribution < -0.4 is 0 Å². The SMILES string of the molecule is CC1C(O)COCC1Cl.O=[N+]([O-])O. The zero-order valence-corrected chi connectivity index (χ0v) is 7.85. The van der Waals surface area contributed by atoms with Gasteiger partial charge in [0.05, 0.1) is 24.7 Å². The Hall–Kier alpha value is -0.590. The van der Waals surface area contributed by atoms with Gasteiger partial charge in [0.15, 0.2) is 0 Å². The third kappa shape index (κ3) is 5.62. The highest BCUT2D eigenvalue weighted by molar-refractivity contribution is 6.21. The summed E-state index contributed by atoms with van der Waals surface area (Å²) in [5.74, 6) is 0.167. The molecule has 3 atom stereocenters. The molecule has 0 saturated carbocycles. The fourth-order valence-corrected chi connectivity index (χ4v) is 1.10. The Kier molecular flexibility index (Phi) is 5.68. The molecule has 1 aliphatic heterocycles. The topological polar surface area (TPSA) is 92.8 Å². The lowest BCUT2D eigenvalue weighted by Gasteiger charge is -2.28. The van der Waals surface area contributed by atoms with Crippen LogP contribution >= 0.6 is 11.6 Å². The van der Waals surface area contributed by atoms with Crippen molar-refractivity contribution in [1.29, 1.82) is 0 Å². The number of aliphatic hydroxyl groups excluding tert-OH is 1. The second kappa shape index (κ2) is 5.95. The standard InChI is InChI=1S/C6H11ClO2.HNO3/c1-4-5(7)2-9-3-6(4)8;2-1(3)4/h4-6,8H,2-3H2,1H3;(H,2,3,4). The number of alkyl halides is 1. The van der Waals surface area contributed by atoms with Crippen molar-refractivity contribution in [2.75, 3.05) is 13.2 Å². The molecule has 1 fully saturated rings. The van der Waals surface area contributed by atoms with Crippen molar-refractivity contribution in [3.63, 3.8) is 0 Å². The molecule has 6 nitrogen and oxygen atoms in total. The monoisotopic (exact) mass is 213 g/mol. The first-order valence-electron chi connectivity index (χ1n) is 3.68. The summed E-state index contributed by atoms with van der Waals surface area (Å²) < 4.78 is 4.98. The summed E-state index contributed by atoms with van der Waals surface area (Å²) in [6, 6.07) is 0. The van der Waals surface area contributed by atoms with Crippen LogP contribution in [0.5, 0.6) is 0 Å². The zero-order chi connectivity index (χ0) is 10.4. The number of rotatable bonds is 0. The van der Waals surface area contributed by atoms with Crippen molar-refractivity contribution in [3.8, 4) is 0 Å². The summed E-state index contributed by atoms with van der Waals surface area (Å²) >= 11 is 5.78. The molecule has 0 bridgehead atoms. The number of hydrogen-bond acceptors (Lipinski definition) is 4. The molecule has 0 amide bonds.